The fraction of sp³-hybridized carbons (Fsp3) is 0.500. The van der Waals surface area contributed by atoms with Crippen LogP contribution in [0.15, 0.2) is 24.3 Å². The first-order valence-corrected chi connectivity index (χ1v) is 7.59. The Kier molecular flexibility index (Phi) is 6.08. The van der Waals surface area contributed by atoms with Crippen LogP contribution >= 0.6 is 0 Å². The van der Waals surface area contributed by atoms with E-state index in [9.17, 15) is 18.4 Å². The number of benzene rings is 1. The third-order valence-electron chi connectivity index (χ3n) is 4.03. The van der Waals surface area contributed by atoms with E-state index >= 15 is 0 Å². The Morgan fingerprint density at radius 1 is 1.12 bits per heavy atom. The Balaban J connectivity index is 2.02. The molecule has 8 heteroatoms. The molecule has 1 fully saturated rings. The van der Waals surface area contributed by atoms with Crippen molar-refractivity contribution in [1.29, 1.82) is 0 Å². The summed E-state index contributed by atoms with van der Waals surface area (Å²) in [5.74, 6) is -0.829. The summed E-state index contributed by atoms with van der Waals surface area (Å²) in [5, 5.41) is 0. The summed E-state index contributed by atoms with van der Waals surface area (Å²) in [6.45, 7) is 0.540. The predicted molar refractivity (Wildman–Crippen MR) is 82.0 cm³/mol. The predicted octanol–water partition coefficient (Wildman–Crippen LogP) is 1.61. The highest BCUT2D eigenvalue weighted by atomic mass is 19.3. The number of para-hydroxylation sites is 1. The number of nitrogens with zero attached hydrogens (tertiary/aromatic N) is 2. The van der Waals surface area contributed by atoms with E-state index in [0.717, 1.165) is 0 Å². The Morgan fingerprint density at radius 2 is 1.75 bits per heavy atom. The van der Waals surface area contributed by atoms with Gasteiger partial charge in [-0.05, 0) is 19.1 Å². The number of carbonyl (C=O) groups excluding carboxylic acids is 2. The lowest BCUT2D eigenvalue weighted by Gasteiger charge is -2.37. The number of methoxy groups -OCH3 is 1. The number of hydrogen-bond donors (Lipinski definition) is 0. The molecule has 0 bridgehead atoms. The molecule has 24 heavy (non-hydrogen) atoms. The van der Waals surface area contributed by atoms with Gasteiger partial charge in [0, 0.05) is 26.2 Å². The second kappa shape index (κ2) is 8.05. The highest BCUT2D eigenvalue weighted by molar-refractivity contribution is 5.97. The Morgan fingerprint density at radius 3 is 2.33 bits per heavy atom. The average Bonchev–Trinajstić information content (AvgIpc) is 2.60. The van der Waals surface area contributed by atoms with E-state index in [2.05, 4.69) is 4.74 Å². The molecular formula is C16H20F2N2O4. The number of piperazine rings is 1. The maximum atomic E-state index is 12.6. The molecule has 1 aliphatic rings. The number of ether oxygens (including phenoxy) is 2. The fourth-order valence-electron chi connectivity index (χ4n) is 2.64. The van der Waals surface area contributed by atoms with Crippen molar-refractivity contribution >= 4 is 11.9 Å². The SMILES string of the molecule is COC(=O)C(C)N1CCN(C(=O)c2ccccc2OC(F)F)CC1. The highest BCUT2D eigenvalue weighted by Gasteiger charge is 2.29. The molecule has 1 aromatic rings. The van der Waals surface area contributed by atoms with E-state index < -0.39 is 6.61 Å². The lowest BCUT2D eigenvalue weighted by Crippen LogP contribution is -2.53. The molecule has 1 saturated heterocycles. The van der Waals surface area contributed by atoms with E-state index in [-0.39, 0.29) is 29.2 Å². The van der Waals surface area contributed by atoms with Crippen molar-refractivity contribution in [3.05, 3.63) is 29.8 Å². The van der Waals surface area contributed by atoms with Crippen LogP contribution < -0.4 is 4.74 Å². The molecule has 1 aliphatic heterocycles. The van der Waals surface area contributed by atoms with Crippen LogP contribution in [0.4, 0.5) is 8.78 Å². The quantitative estimate of drug-likeness (QED) is 0.761. The van der Waals surface area contributed by atoms with Crippen molar-refractivity contribution in [2.45, 2.75) is 19.6 Å². The van der Waals surface area contributed by atoms with E-state index in [0.29, 0.717) is 26.2 Å². The van der Waals surface area contributed by atoms with E-state index in [1.54, 1.807) is 17.9 Å². The van der Waals surface area contributed by atoms with E-state index in [1.807, 2.05) is 4.90 Å². The van der Waals surface area contributed by atoms with Crippen molar-refractivity contribution in [2.24, 2.45) is 0 Å². The van der Waals surface area contributed by atoms with Crippen LogP contribution in [0.3, 0.4) is 0 Å². The molecule has 6 nitrogen and oxygen atoms in total. The van der Waals surface area contributed by atoms with Crippen LogP contribution in [0.5, 0.6) is 5.75 Å². The number of esters is 1. The molecule has 2 rings (SSSR count). The van der Waals surface area contributed by atoms with Gasteiger partial charge in [0.05, 0.1) is 12.7 Å². The van der Waals surface area contributed by atoms with Crippen molar-refractivity contribution in [1.82, 2.24) is 9.80 Å². The van der Waals surface area contributed by atoms with Gasteiger partial charge >= 0.3 is 12.6 Å². The maximum absolute atomic E-state index is 12.6. The summed E-state index contributed by atoms with van der Waals surface area (Å²) in [6, 6.07) is 5.55. The zero-order valence-electron chi connectivity index (χ0n) is 13.6. The summed E-state index contributed by atoms with van der Waals surface area (Å²) < 4.78 is 34.0. The third kappa shape index (κ3) is 4.19. The first kappa shape index (κ1) is 18.1. The van der Waals surface area contributed by atoms with Gasteiger partial charge in [-0.3, -0.25) is 14.5 Å². The monoisotopic (exact) mass is 342 g/mol. The number of rotatable bonds is 5. The molecule has 1 heterocycles. The fourth-order valence-corrected chi connectivity index (χ4v) is 2.64. The highest BCUT2D eigenvalue weighted by Crippen LogP contribution is 2.22. The number of halogens is 2. The van der Waals surface area contributed by atoms with Gasteiger partial charge in [-0.15, -0.1) is 0 Å². The average molecular weight is 342 g/mol. The number of hydrogen-bond acceptors (Lipinski definition) is 5. The zero-order chi connectivity index (χ0) is 17.7. The van der Waals surface area contributed by atoms with Gasteiger partial charge in [0.1, 0.15) is 11.8 Å². The van der Waals surface area contributed by atoms with Crippen molar-refractivity contribution in [2.75, 3.05) is 33.3 Å². The zero-order valence-corrected chi connectivity index (χ0v) is 13.6. The van der Waals surface area contributed by atoms with Crippen molar-refractivity contribution in [3.63, 3.8) is 0 Å². The molecule has 1 amide bonds. The summed E-state index contributed by atoms with van der Waals surface area (Å²) in [7, 11) is 1.33. The number of carbonyl (C=O) groups is 2. The molecule has 1 atom stereocenters. The summed E-state index contributed by atoms with van der Waals surface area (Å²) in [5.41, 5.74) is 0.104. The van der Waals surface area contributed by atoms with Gasteiger partial charge in [0.2, 0.25) is 0 Å². The van der Waals surface area contributed by atoms with Crippen molar-refractivity contribution in [3.8, 4) is 5.75 Å². The van der Waals surface area contributed by atoms with E-state index in [4.69, 9.17) is 4.74 Å². The van der Waals surface area contributed by atoms with Crippen LogP contribution in [-0.2, 0) is 9.53 Å². The molecule has 0 radical (unpaired) electrons. The third-order valence-corrected chi connectivity index (χ3v) is 4.03. The number of amides is 1. The van der Waals surface area contributed by atoms with Crippen LogP contribution in [0.2, 0.25) is 0 Å². The molecule has 0 N–H and O–H groups in total. The van der Waals surface area contributed by atoms with Crippen LogP contribution in [0, 0.1) is 0 Å². The van der Waals surface area contributed by atoms with E-state index in [1.165, 1.54) is 25.3 Å². The van der Waals surface area contributed by atoms with Gasteiger partial charge in [0.25, 0.3) is 5.91 Å². The Labute approximate surface area is 138 Å². The second-order valence-corrected chi connectivity index (χ2v) is 5.40. The summed E-state index contributed by atoms with van der Waals surface area (Å²) in [6.07, 6.45) is 0. The van der Waals surface area contributed by atoms with Gasteiger partial charge in [-0.2, -0.15) is 8.78 Å². The van der Waals surface area contributed by atoms with Gasteiger partial charge in [-0.1, -0.05) is 12.1 Å². The molecule has 132 valence electrons. The van der Waals surface area contributed by atoms with Gasteiger partial charge < -0.3 is 14.4 Å². The lowest BCUT2D eigenvalue weighted by molar-refractivity contribution is -0.146. The van der Waals surface area contributed by atoms with Gasteiger partial charge in [0.15, 0.2) is 0 Å². The topological polar surface area (TPSA) is 59.1 Å². The standard InChI is InChI=1S/C16H20F2N2O4/c1-11(15(22)23-2)19-7-9-20(10-8-19)14(21)12-5-3-4-6-13(12)24-16(17)18/h3-6,11,16H,7-10H2,1-2H3. The van der Waals surface area contributed by atoms with Gasteiger partial charge in [-0.25, -0.2) is 0 Å². The molecule has 0 aliphatic carbocycles. The minimum atomic E-state index is -2.99. The maximum Gasteiger partial charge on any atom is 0.387 e. The molecule has 0 spiro atoms. The molecule has 0 aromatic heterocycles. The minimum Gasteiger partial charge on any atom is -0.468 e. The van der Waals surface area contributed by atoms with Crippen molar-refractivity contribution < 1.29 is 27.8 Å². The van der Waals surface area contributed by atoms with Crippen LogP contribution in [-0.4, -0.2) is 67.6 Å². The largest absolute Gasteiger partial charge is 0.468 e. The first-order chi connectivity index (χ1) is 11.4. The minimum absolute atomic E-state index is 0.104. The second-order valence-electron chi connectivity index (χ2n) is 5.40. The lowest BCUT2D eigenvalue weighted by atomic mass is 10.1. The van der Waals surface area contributed by atoms with Crippen LogP contribution in [0.1, 0.15) is 17.3 Å². The molecular weight excluding hydrogens is 322 g/mol. The normalized spacial score (nSPS) is 16.8. The summed E-state index contributed by atoms with van der Waals surface area (Å²) in [4.78, 5) is 27.6. The van der Waals surface area contributed by atoms with Crippen LogP contribution in [0.25, 0.3) is 0 Å². The molecule has 1 unspecified atom stereocenters. The molecule has 0 saturated carbocycles. The Bertz CT molecular complexity index is 589. The smallest absolute Gasteiger partial charge is 0.387 e. The molecule has 1 aromatic carbocycles. The number of alkyl halides is 2. The first-order valence-electron chi connectivity index (χ1n) is 7.59. The summed E-state index contributed by atoms with van der Waals surface area (Å²) >= 11 is 0. The Hall–Kier alpha value is -2.22.